The second-order valence-electron chi connectivity index (χ2n) is 9.69. The van der Waals surface area contributed by atoms with Crippen molar-refractivity contribution in [2.24, 2.45) is 11.8 Å². The first kappa shape index (κ1) is 21.6. The minimum Gasteiger partial charge on any atom is -0.465 e. The van der Waals surface area contributed by atoms with Crippen LogP contribution < -0.4 is 0 Å². The Morgan fingerprint density at radius 1 is 1.16 bits per heavy atom. The van der Waals surface area contributed by atoms with Gasteiger partial charge in [0.25, 0.3) is 0 Å². The molecule has 174 valence electrons. The van der Waals surface area contributed by atoms with Crippen LogP contribution in [0.1, 0.15) is 45.4 Å². The second kappa shape index (κ2) is 8.30. The molecule has 8 nitrogen and oxygen atoms in total. The van der Waals surface area contributed by atoms with Crippen molar-refractivity contribution in [3.05, 3.63) is 24.3 Å². The quantitative estimate of drug-likeness (QED) is 0.519. The SMILES string of the molecule is C[C@H](CO)N1C(=O)[C@@H]2[C@H]3C(=O)OCCC=C[C@H]3O[C@@]23C=CCN(C2CCCCC2)C(=O)C13. The molecule has 1 saturated carbocycles. The van der Waals surface area contributed by atoms with Gasteiger partial charge in [-0.05, 0) is 26.2 Å². The van der Waals surface area contributed by atoms with Gasteiger partial charge in [0.05, 0.1) is 31.3 Å². The van der Waals surface area contributed by atoms with Crippen molar-refractivity contribution in [2.75, 3.05) is 19.8 Å². The molecule has 5 rings (SSSR count). The molecule has 2 amide bonds. The van der Waals surface area contributed by atoms with E-state index in [4.69, 9.17) is 9.47 Å². The number of aliphatic hydroxyl groups is 1. The maximum Gasteiger partial charge on any atom is 0.312 e. The van der Waals surface area contributed by atoms with Gasteiger partial charge < -0.3 is 24.4 Å². The number of hydrogen-bond donors (Lipinski definition) is 1. The van der Waals surface area contributed by atoms with Gasteiger partial charge in [0.2, 0.25) is 11.8 Å². The number of fused-ring (bicyclic) bond motifs is 2. The van der Waals surface area contributed by atoms with Crippen LogP contribution in [-0.4, -0.2) is 82.3 Å². The topological polar surface area (TPSA) is 96.4 Å². The van der Waals surface area contributed by atoms with Crippen LogP contribution in [-0.2, 0) is 23.9 Å². The first-order chi connectivity index (χ1) is 15.5. The standard InChI is InChI=1S/C24H32N2O6/c1-15(14-27)26-20-22(29)25(16-8-3-2-4-9-16)12-7-11-24(20)19(21(26)28)18-17(32-24)10-5-6-13-31-23(18)30/h5,7,10-11,15-20,27H,2-4,6,8-9,12-14H2,1H3/t15-,17-,18+,19+,20?,24+/m1/s1. The number of aliphatic hydroxyl groups excluding tert-OH is 1. The van der Waals surface area contributed by atoms with Crippen molar-refractivity contribution >= 4 is 17.8 Å². The molecule has 32 heavy (non-hydrogen) atoms. The molecule has 2 saturated heterocycles. The monoisotopic (exact) mass is 444 g/mol. The van der Waals surface area contributed by atoms with Crippen LogP contribution in [0.3, 0.4) is 0 Å². The van der Waals surface area contributed by atoms with Gasteiger partial charge in [-0.3, -0.25) is 14.4 Å². The molecule has 8 heteroatoms. The fourth-order valence-electron chi connectivity index (χ4n) is 6.35. The average molecular weight is 445 g/mol. The molecule has 1 N–H and O–H groups in total. The average Bonchev–Trinajstić information content (AvgIpc) is 3.18. The Balaban J connectivity index is 1.59. The van der Waals surface area contributed by atoms with Gasteiger partial charge >= 0.3 is 5.97 Å². The number of nitrogens with zero attached hydrogens (tertiary/aromatic N) is 2. The van der Waals surface area contributed by atoms with Gasteiger partial charge in [-0.15, -0.1) is 0 Å². The van der Waals surface area contributed by atoms with Gasteiger partial charge in [-0.25, -0.2) is 0 Å². The summed E-state index contributed by atoms with van der Waals surface area (Å²) in [5.41, 5.74) is -1.25. The van der Waals surface area contributed by atoms with Crippen LogP contribution >= 0.6 is 0 Å². The number of likely N-dealkylation sites (tertiary alicyclic amines) is 1. The van der Waals surface area contributed by atoms with Gasteiger partial charge in [0.1, 0.15) is 17.6 Å². The van der Waals surface area contributed by atoms with Crippen LogP contribution in [0.4, 0.5) is 0 Å². The fourth-order valence-corrected chi connectivity index (χ4v) is 6.35. The summed E-state index contributed by atoms with van der Waals surface area (Å²) in [5, 5.41) is 9.92. The normalized spacial score (nSPS) is 38.5. The third kappa shape index (κ3) is 3.14. The number of amides is 2. The number of carbonyl (C=O) groups excluding carboxylic acids is 3. The van der Waals surface area contributed by atoms with Crippen molar-refractivity contribution in [2.45, 2.75) is 75.3 Å². The Hall–Kier alpha value is -2.19. The predicted molar refractivity (Wildman–Crippen MR) is 114 cm³/mol. The lowest BCUT2D eigenvalue weighted by atomic mass is 9.77. The van der Waals surface area contributed by atoms with Crippen LogP contribution in [0.15, 0.2) is 24.3 Å². The molecule has 6 atom stereocenters. The number of cyclic esters (lactones) is 1. The maximum absolute atomic E-state index is 14.1. The Bertz CT molecular complexity index is 849. The van der Waals surface area contributed by atoms with Crippen LogP contribution in [0.25, 0.3) is 0 Å². The number of carbonyl (C=O) groups is 3. The summed E-state index contributed by atoms with van der Waals surface area (Å²) >= 11 is 0. The summed E-state index contributed by atoms with van der Waals surface area (Å²) in [7, 11) is 0. The summed E-state index contributed by atoms with van der Waals surface area (Å²) in [5.74, 6) is -2.59. The highest BCUT2D eigenvalue weighted by Crippen LogP contribution is 2.53. The zero-order valence-corrected chi connectivity index (χ0v) is 18.5. The molecule has 0 aromatic carbocycles. The van der Waals surface area contributed by atoms with Gasteiger partial charge in [0.15, 0.2) is 0 Å². The third-order valence-corrected chi connectivity index (χ3v) is 7.84. The van der Waals surface area contributed by atoms with Crippen molar-refractivity contribution in [1.29, 1.82) is 0 Å². The minimum absolute atomic E-state index is 0.136. The maximum atomic E-state index is 14.1. The molecular formula is C24H32N2O6. The van der Waals surface area contributed by atoms with Crippen molar-refractivity contribution < 1.29 is 29.0 Å². The Labute approximate surface area is 188 Å². The van der Waals surface area contributed by atoms with E-state index in [2.05, 4.69) is 0 Å². The van der Waals surface area contributed by atoms with E-state index >= 15 is 0 Å². The Morgan fingerprint density at radius 2 is 1.94 bits per heavy atom. The molecule has 1 aliphatic carbocycles. The van der Waals surface area contributed by atoms with E-state index in [0.717, 1.165) is 25.7 Å². The molecule has 1 unspecified atom stereocenters. The summed E-state index contributed by atoms with van der Waals surface area (Å²) < 4.78 is 11.9. The molecule has 3 fully saturated rings. The molecular weight excluding hydrogens is 412 g/mol. The van der Waals surface area contributed by atoms with Crippen LogP contribution in [0, 0.1) is 11.8 Å². The van der Waals surface area contributed by atoms with Crippen molar-refractivity contribution in [3.8, 4) is 0 Å². The lowest BCUT2D eigenvalue weighted by Crippen LogP contribution is -2.59. The molecule has 1 spiro atoms. The summed E-state index contributed by atoms with van der Waals surface area (Å²) in [6, 6.07) is -1.34. The summed E-state index contributed by atoms with van der Waals surface area (Å²) in [6.07, 6.45) is 12.7. The number of ether oxygens (including phenoxy) is 2. The zero-order valence-electron chi connectivity index (χ0n) is 18.5. The minimum atomic E-state index is -1.25. The summed E-state index contributed by atoms with van der Waals surface area (Å²) in [6.45, 7) is 2.18. The molecule has 4 heterocycles. The highest BCUT2D eigenvalue weighted by atomic mass is 16.6. The predicted octanol–water partition coefficient (Wildman–Crippen LogP) is 1.18. The van der Waals surface area contributed by atoms with E-state index in [1.165, 1.54) is 11.3 Å². The Kier molecular flexibility index (Phi) is 5.61. The van der Waals surface area contributed by atoms with Gasteiger partial charge in [0, 0.05) is 12.6 Å². The van der Waals surface area contributed by atoms with Crippen molar-refractivity contribution in [1.82, 2.24) is 9.80 Å². The van der Waals surface area contributed by atoms with Crippen LogP contribution in [0.2, 0.25) is 0 Å². The van der Waals surface area contributed by atoms with E-state index in [-0.39, 0.29) is 31.1 Å². The van der Waals surface area contributed by atoms with E-state index < -0.39 is 41.6 Å². The Morgan fingerprint density at radius 3 is 2.69 bits per heavy atom. The van der Waals surface area contributed by atoms with Crippen molar-refractivity contribution in [3.63, 3.8) is 0 Å². The number of esters is 1. The summed E-state index contributed by atoms with van der Waals surface area (Å²) in [4.78, 5) is 44.2. The lowest BCUT2D eigenvalue weighted by Gasteiger charge is -2.40. The largest absolute Gasteiger partial charge is 0.465 e. The molecule has 5 aliphatic rings. The first-order valence-corrected chi connectivity index (χ1v) is 11.9. The molecule has 0 aromatic rings. The van der Waals surface area contributed by atoms with E-state index in [1.807, 2.05) is 29.2 Å². The zero-order chi connectivity index (χ0) is 22.5. The van der Waals surface area contributed by atoms with Gasteiger partial charge in [-0.1, -0.05) is 43.6 Å². The highest BCUT2D eigenvalue weighted by molar-refractivity contribution is 5.99. The number of rotatable bonds is 3. The molecule has 4 aliphatic heterocycles. The first-order valence-electron chi connectivity index (χ1n) is 11.9. The van der Waals surface area contributed by atoms with E-state index in [9.17, 15) is 19.5 Å². The van der Waals surface area contributed by atoms with E-state index in [0.29, 0.717) is 13.0 Å². The molecule has 0 radical (unpaired) electrons. The second-order valence-corrected chi connectivity index (χ2v) is 9.69. The smallest absolute Gasteiger partial charge is 0.312 e. The molecule has 0 bridgehead atoms. The number of hydrogen-bond acceptors (Lipinski definition) is 6. The fraction of sp³-hybridized carbons (Fsp3) is 0.708. The third-order valence-electron chi connectivity index (χ3n) is 7.84. The van der Waals surface area contributed by atoms with Gasteiger partial charge in [-0.2, -0.15) is 0 Å². The lowest BCUT2D eigenvalue weighted by molar-refractivity contribution is -0.156. The van der Waals surface area contributed by atoms with Crippen LogP contribution in [0.5, 0.6) is 0 Å². The highest BCUT2D eigenvalue weighted by Gasteiger charge is 2.72. The molecule has 0 aromatic heterocycles. The van der Waals surface area contributed by atoms with E-state index in [1.54, 1.807) is 6.92 Å².